The molecule has 3 N–H and O–H groups in total. The Hall–Kier alpha value is 0.510. The molecule has 0 rings (SSSR count). The van der Waals surface area contributed by atoms with Crippen molar-refractivity contribution in [1.82, 2.24) is 4.90 Å². The SMILES string of the molecule is CCCCCCCCCCCC(=O)C(CO)N(CCO)CCO.[Na]. The van der Waals surface area contributed by atoms with E-state index in [4.69, 9.17) is 10.2 Å². The zero-order valence-corrected chi connectivity index (χ0v) is 17.9. The van der Waals surface area contributed by atoms with Gasteiger partial charge in [0, 0.05) is 49.1 Å². The maximum Gasteiger partial charge on any atom is 0.152 e. The van der Waals surface area contributed by atoms with Gasteiger partial charge in [-0.1, -0.05) is 58.3 Å². The van der Waals surface area contributed by atoms with Gasteiger partial charge >= 0.3 is 0 Å². The van der Waals surface area contributed by atoms with Gasteiger partial charge in [-0.3, -0.25) is 9.69 Å². The molecule has 0 aliphatic rings. The van der Waals surface area contributed by atoms with Gasteiger partial charge in [-0.25, -0.2) is 0 Å². The van der Waals surface area contributed by atoms with Crippen molar-refractivity contribution < 1.29 is 20.1 Å². The van der Waals surface area contributed by atoms with Gasteiger partial charge in [0.2, 0.25) is 0 Å². The molecular formula is C18H37NNaO4. The number of Topliss-reactive ketones (excluding diaryl/α,β-unsaturated/α-hetero) is 1. The molecule has 0 aliphatic carbocycles. The van der Waals surface area contributed by atoms with Gasteiger partial charge in [0.1, 0.15) is 0 Å². The molecule has 139 valence electrons. The van der Waals surface area contributed by atoms with Crippen LogP contribution in [0.5, 0.6) is 0 Å². The molecule has 0 saturated carbocycles. The zero-order chi connectivity index (χ0) is 17.3. The Balaban J connectivity index is 0. The maximum absolute atomic E-state index is 12.2. The molecule has 0 amide bonds. The number of rotatable bonds is 17. The number of carbonyl (C=O) groups excluding carboxylic acids is 1. The van der Waals surface area contributed by atoms with Crippen LogP contribution < -0.4 is 0 Å². The molecule has 0 aromatic heterocycles. The molecule has 0 bridgehead atoms. The Kier molecular flexibility index (Phi) is 22.1. The summed E-state index contributed by atoms with van der Waals surface area (Å²) in [4.78, 5) is 13.9. The van der Waals surface area contributed by atoms with E-state index in [2.05, 4.69) is 6.92 Å². The molecule has 24 heavy (non-hydrogen) atoms. The molecular weight excluding hydrogens is 317 g/mol. The van der Waals surface area contributed by atoms with E-state index < -0.39 is 6.04 Å². The maximum atomic E-state index is 12.2. The van der Waals surface area contributed by atoms with Gasteiger partial charge in [0.25, 0.3) is 0 Å². The number of aliphatic hydroxyl groups excluding tert-OH is 3. The third kappa shape index (κ3) is 13.8. The topological polar surface area (TPSA) is 81.0 Å². The van der Waals surface area contributed by atoms with Gasteiger partial charge in [-0.15, -0.1) is 0 Å². The molecule has 6 heteroatoms. The number of hydrogen-bond acceptors (Lipinski definition) is 5. The van der Waals surface area contributed by atoms with E-state index >= 15 is 0 Å². The predicted octanol–water partition coefficient (Wildman–Crippen LogP) is 1.74. The number of ketones is 1. The molecule has 1 unspecified atom stereocenters. The van der Waals surface area contributed by atoms with Crippen molar-refractivity contribution in [2.45, 2.75) is 77.2 Å². The van der Waals surface area contributed by atoms with E-state index in [-0.39, 0.29) is 55.2 Å². The van der Waals surface area contributed by atoms with E-state index in [1.165, 1.54) is 44.9 Å². The minimum absolute atomic E-state index is 0. The second-order valence-electron chi connectivity index (χ2n) is 6.23. The van der Waals surface area contributed by atoms with E-state index in [1.807, 2.05) is 0 Å². The third-order valence-corrected chi connectivity index (χ3v) is 4.29. The first-order valence-electron chi connectivity index (χ1n) is 9.30. The first kappa shape index (κ1) is 26.7. The van der Waals surface area contributed by atoms with Crippen molar-refractivity contribution in [1.29, 1.82) is 0 Å². The predicted molar refractivity (Wildman–Crippen MR) is 99.2 cm³/mol. The van der Waals surface area contributed by atoms with Crippen LogP contribution in [0.3, 0.4) is 0 Å². The number of nitrogens with zero attached hydrogens (tertiary/aromatic N) is 1. The second kappa shape index (κ2) is 19.8. The van der Waals surface area contributed by atoms with E-state index in [0.29, 0.717) is 19.5 Å². The molecule has 0 aromatic rings. The number of carbonyl (C=O) groups is 1. The summed E-state index contributed by atoms with van der Waals surface area (Å²) >= 11 is 0. The van der Waals surface area contributed by atoms with Gasteiger partial charge in [0.05, 0.1) is 25.9 Å². The molecule has 0 aromatic carbocycles. The van der Waals surface area contributed by atoms with Crippen LogP contribution in [0, 0.1) is 0 Å². The van der Waals surface area contributed by atoms with E-state index in [1.54, 1.807) is 4.90 Å². The van der Waals surface area contributed by atoms with Gasteiger partial charge in [-0.05, 0) is 6.42 Å². The van der Waals surface area contributed by atoms with E-state index in [0.717, 1.165) is 12.8 Å². The Morgan fingerprint density at radius 2 is 1.29 bits per heavy atom. The smallest absolute Gasteiger partial charge is 0.152 e. The Morgan fingerprint density at radius 3 is 1.71 bits per heavy atom. The summed E-state index contributed by atoms with van der Waals surface area (Å²) < 4.78 is 0. The molecule has 0 fully saturated rings. The Labute approximate surface area is 170 Å². The van der Waals surface area contributed by atoms with Gasteiger partial charge in [-0.2, -0.15) is 0 Å². The fraction of sp³-hybridized carbons (Fsp3) is 0.944. The number of aliphatic hydroxyl groups is 3. The number of unbranched alkanes of at least 4 members (excludes halogenated alkanes) is 8. The van der Waals surface area contributed by atoms with Crippen LogP contribution in [0.25, 0.3) is 0 Å². The molecule has 0 spiro atoms. The summed E-state index contributed by atoms with van der Waals surface area (Å²) in [6.07, 6.45) is 11.3. The van der Waals surface area contributed by atoms with E-state index in [9.17, 15) is 9.90 Å². The van der Waals surface area contributed by atoms with Crippen molar-refractivity contribution in [2.24, 2.45) is 0 Å². The molecule has 0 aliphatic heterocycles. The largest absolute Gasteiger partial charge is 0.395 e. The van der Waals surface area contributed by atoms with Crippen molar-refractivity contribution in [2.75, 3.05) is 32.9 Å². The van der Waals surface area contributed by atoms with Crippen LogP contribution in [-0.4, -0.2) is 94.5 Å². The summed E-state index contributed by atoms with van der Waals surface area (Å²) in [6, 6.07) is -0.594. The van der Waals surface area contributed by atoms with Gasteiger partial charge in [0.15, 0.2) is 5.78 Å². The summed E-state index contributed by atoms with van der Waals surface area (Å²) in [6.45, 7) is 2.41. The molecule has 1 atom stereocenters. The van der Waals surface area contributed by atoms with Crippen LogP contribution in [0.1, 0.15) is 71.1 Å². The fourth-order valence-electron chi connectivity index (χ4n) is 2.88. The van der Waals surface area contributed by atoms with Crippen molar-refractivity contribution in [3.8, 4) is 0 Å². The standard InChI is InChI=1S/C18H37NO4.Na/c1-2-3-4-5-6-7-8-9-10-11-18(23)17(16-22)19(12-14-20)13-15-21;/h17,20-22H,2-16H2,1H3;. The average molecular weight is 354 g/mol. The zero-order valence-electron chi connectivity index (χ0n) is 15.9. The van der Waals surface area contributed by atoms with Crippen LogP contribution in [-0.2, 0) is 4.79 Å². The molecule has 0 heterocycles. The molecule has 0 saturated heterocycles. The molecule has 1 radical (unpaired) electrons. The first-order chi connectivity index (χ1) is 11.2. The summed E-state index contributed by atoms with van der Waals surface area (Å²) in [5, 5.41) is 27.5. The van der Waals surface area contributed by atoms with Crippen LogP contribution in [0.15, 0.2) is 0 Å². The summed E-state index contributed by atoms with van der Waals surface area (Å²) in [5.41, 5.74) is 0. The van der Waals surface area contributed by atoms with Crippen LogP contribution in [0.4, 0.5) is 0 Å². The monoisotopic (exact) mass is 354 g/mol. The fourth-order valence-corrected chi connectivity index (χ4v) is 2.88. The Morgan fingerprint density at radius 1 is 0.833 bits per heavy atom. The molecule has 5 nitrogen and oxygen atoms in total. The van der Waals surface area contributed by atoms with Crippen LogP contribution in [0.2, 0.25) is 0 Å². The van der Waals surface area contributed by atoms with Crippen molar-refractivity contribution >= 4 is 35.3 Å². The second-order valence-corrected chi connectivity index (χ2v) is 6.23. The van der Waals surface area contributed by atoms with Crippen molar-refractivity contribution in [3.63, 3.8) is 0 Å². The van der Waals surface area contributed by atoms with Crippen molar-refractivity contribution in [3.05, 3.63) is 0 Å². The Bertz CT molecular complexity index is 274. The normalized spacial score (nSPS) is 12.2. The third-order valence-electron chi connectivity index (χ3n) is 4.29. The summed E-state index contributed by atoms with van der Waals surface area (Å²) in [5.74, 6) is 0.0114. The minimum Gasteiger partial charge on any atom is -0.395 e. The van der Waals surface area contributed by atoms with Gasteiger partial charge < -0.3 is 15.3 Å². The quantitative estimate of drug-likeness (QED) is 0.274. The summed E-state index contributed by atoms with van der Waals surface area (Å²) in [7, 11) is 0. The number of hydrogen-bond donors (Lipinski definition) is 3. The van der Waals surface area contributed by atoms with Crippen LogP contribution >= 0.6 is 0 Å². The first-order valence-corrected chi connectivity index (χ1v) is 9.30. The average Bonchev–Trinajstić information content (AvgIpc) is 2.54. The minimum atomic E-state index is -0.594.